The average molecular weight is 175 g/mol. The van der Waals surface area contributed by atoms with E-state index in [9.17, 15) is 0 Å². The standard InChI is InChI=1S/C8H9N5/c9-6-1-2-8(11-3-6)13-5-7(10)4-12-13/h1-5H,9-10H2. The highest BCUT2D eigenvalue weighted by Gasteiger charge is 1.98. The summed E-state index contributed by atoms with van der Waals surface area (Å²) in [6.07, 6.45) is 4.84. The number of pyridine rings is 1. The molecule has 0 radical (unpaired) electrons. The van der Waals surface area contributed by atoms with Crippen molar-refractivity contribution in [2.45, 2.75) is 0 Å². The summed E-state index contributed by atoms with van der Waals surface area (Å²) in [5.74, 6) is 0.700. The second-order valence-corrected chi connectivity index (χ2v) is 2.67. The number of nitrogens with zero attached hydrogens (tertiary/aromatic N) is 3. The van der Waals surface area contributed by atoms with E-state index in [1.165, 1.54) is 0 Å². The average Bonchev–Trinajstić information content (AvgIpc) is 2.53. The minimum Gasteiger partial charge on any atom is -0.397 e. The van der Waals surface area contributed by atoms with Crippen LogP contribution in [-0.4, -0.2) is 14.8 Å². The van der Waals surface area contributed by atoms with Crippen molar-refractivity contribution in [3.8, 4) is 5.82 Å². The molecule has 2 heterocycles. The highest BCUT2D eigenvalue weighted by Crippen LogP contribution is 2.07. The van der Waals surface area contributed by atoms with Gasteiger partial charge in [-0.25, -0.2) is 9.67 Å². The summed E-state index contributed by atoms with van der Waals surface area (Å²) in [4.78, 5) is 4.08. The second-order valence-electron chi connectivity index (χ2n) is 2.67. The molecule has 0 amide bonds. The van der Waals surface area contributed by atoms with Crippen molar-refractivity contribution in [3.05, 3.63) is 30.7 Å². The van der Waals surface area contributed by atoms with Crippen LogP contribution >= 0.6 is 0 Å². The van der Waals surface area contributed by atoms with Crippen LogP contribution in [0.5, 0.6) is 0 Å². The van der Waals surface area contributed by atoms with Crippen molar-refractivity contribution in [3.63, 3.8) is 0 Å². The molecule has 0 saturated carbocycles. The molecule has 13 heavy (non-hydrogen) atoms. The van der Waals surface area contributed by atoms with E-state index in [0.717, 1.165) is 0 Å². The first-order chi connectivity index (χ1) is 6.25. The second kappa shape index (κ2) is 2.78. The fourth-order valence-electron chi connectivity index (χ4n) is 0.995. The topological polar surface area (TPSA) is 82.8 Å². The Kier molecular flexibility index (Phi) is 1.63. The van der Waals surface area contributed by atoms with Crippen LogP contribution in [-0.2, 0) is 0 Å². The van der Waals surface area contributed by atoms with Crippen LogP contribution in [0.3, 0.4) is 0 Å². The first-order valence-electron chi connectivity index (χ1n) is 3.78. The molecule has 2 aromatic heterocycles. The third-order valence-electron chi connectivity index (χ3n) is 1.61. The molecule has 0 fully saturated rings. The van der Waals surface area contributed by atoms with Gasteiger partial charge in [-0.3, -0.25) is 0 Å². The van der Waals surface area contributed by atoms with Gasteiger partial charge in [0.05, 0.1) is 30.0 Å². The summed E-state index contributed by atoms with van der Waals surface area (Å²) in [6.45, 7) is 0. The lowest BCUT2D eigenvalue weighted by Gasteiger charge is -1.98. The van der Waals surface area contributed by atoms with E-state index in [4.69, 9.17) is 11.5 Å². The molecule has 0 aliphatic heterocycles. The van der Waals surface area contributed by atoms with Gasteiger partial charge in [0.25, 0.3) is 0 Å². The first-order valence-corrected chi connectivity index (χ1v) is 3.78. The van der Waals surface area contributed by atoms with Crippen LogP contribution in [0.4, 0.5) is 11.4 Å². The molecule has 0 unspecified atom stereocenters. The van der Waals surface area contributed by atoms with Gasteiger partial charge in [-0.05, 0) is 12.1 Å². The lowest BCUT2D eigenvalue weighted by Crippen LogP contribution is -1.98. The molecule has 0 aromatic carbocycles. The molecule has 0 aliphatic rings. The van der Waals surface area contributed by atoms with E-state index in [-0.39, 0.29) is 0 Å². The summed E-state index contributed by atoms with van der Waals surface area (Å²) < 4.78 is 1.59. The van der Waals surface area contributed by atoms with Crippen molar-refractivity contribution >= 4 is 11.4 Å². The number of anilines is 2. The minimum atomic E-state index is 0.610. The molecule has 0 saturated heterocycles. The maximum atomic E-state index is 5.51. The lowest BCUT2D eigenvalue weighted by molar-refractivity contribution is 0.847. The zero-order chi connectivity index (χ0) is 9.26. The molecule has 66 valence electrons. The molecular formula is C8H9N5. The van der Waals surface area contributed by atoms with E-state index < -0.39 is 0 Å². The summed E-state index contributed by atoms with van der Waals surface area (Å²) >= 11 is 0. The molecule has 0 atom stereocenters. The highest BCUT2D eigenvalue weighted by atomic mass is 15.3. The van der Waals surface area contributed by atoms with Gasteiger partial charge in [-0.15, -0.1) is 0 Å². The van der Waals surface area contributed by atoms with E-state index in [2.05, 4.69) is 10.1 Å². The Morgan fingerprint density at radius 2 is 1.92 bits per heavy atom. The van der Waals surface area contributed by atoms with Crippen molar-refractivity contribution in [2.24, 2.45) is 0 Å². The molecule has 4 N–H and O–H groups in total. The summed E-state index contributed by atoms with van der Waals surface area (Å²) in [5.41, 5.74) is 12.2. The van der Waals surface area contributed by atoms with Crippen LogP contribution in [0.15, 0.2) is 30.7 Å². The molecule has 0 aliphatic carbocycles. The van der Waals surface area contributed by atoms with Gasteiger partial charge in [0.2, 0.25) is 0 Å². The largest absolute Gasteiger partial charge is 0.397 e. The summed E-state index contributed by atoms with van der Waals surface area (Å²) in [5, 5.41) is 4.00. The first kappa shape index (κ1) is 7.60. The van der Waals surface area contributed by atoms with Crippen LogP contribution < -0.4 is 11.5 Å². The maximum Gasteiger partial charge on any atom is 0.153 e. The smallest absolute Gasteiger partial charge is 0.153 e. The SMILES string of the molecule is Nc1ccc(-n2cc(N)cn2)nc1. The van der Waals surface area contributed by atoms with Gasteiger partial charge < -0.3 is 11.5 Å². The Morgan fingerprint density at radius 1 is 1.08 bits per heavy atom. The van der Waals surface area contributed by atoms with Crippen LogP contribution in [0, 0.1) is 0 Å². The summed E-state index contributed by atoms with van der Waals surface area (Å²) in [6, 6.07) is 3.54. The van der Waals surface area contributed by atoms with Crippen LogP contribution in [0.2, 0.25) is 0 Å². The van der Waals surface area contributed by atoms with Gasteiger partial charge in [0, 0.05) is 0 Å². The van der Waals surface area contributed by atoms with Gasteiger partial charge in [-0.1, -0.05) is 0 Å². The molecule has 2 rings (SSSR count). The van der Waals surface area contributed by atoms with Crippen molar-refractivity contribution in [1.82, 2.24) is 14.8 Å². The Balaban J connectivity index is 2.41. The Hall–Kier alpha value is -2.04. The van der Waals surface area contributed by atoms with E-state index >= 15 is 0 Å². The Morgan fingerprint density at radius 3 is 2.46 bits per heavy atom. The highest BCUT2D eigenvalue weighted by molar-refractivity contribution is 5.40. The zero-order valence-corrected chi connectivity index (χ0v) is 6.88. The molecular weight excluding hydrogens is 166 g/mol. The molecule has 0 bridgehead atoms. The van der Waals surface area contributed by atoms with Gasteiger partial charge >= 0.3 is 0 Å². The number of hydrogen-bond donors (Lipinski definition) is 2. The quantitative estimate of drug-likeness (QED) is 0.658. The van der Waals surface area contributed by atoms with Crippen LogP contribution in [0.25, 0.3) is 5.82 Å². The Labute approximate surface area is 75.0 Å². The predicted octanol–water partition coefficient (Wildman–Crippen LogP) is 0.432. The van der Waals surface area contributed by atoms with Crippen molar-refractivity contribution < 1.29 is 0 Å². The molecule has 5 nitrogen and oxygen atoms in total. The Bertz CT molecular complexity index is 403. The maximum absolute atomic E-state index is 5.51. The molecule has 2 aromatic rings. The fourth-order valence-corrected chi connectivity index (χ4v) is 0.995. The zero-order valence-electron chi connectivity index (χ0n) is 6.88. The molecule has 5 heteroatoms. The van der Waals surface area contributed by atoms with E-state index in [0.29, 0.717) is 17.2 Å². The third-order valence-corrected chi connectivity index (χ3v) is 1.61. The number of rotatable bonds is 1. The monoisotopic (exact) mass is 175 g/mol. The summed E-state index contributed by atoms with van der Waals surface area (Å²) in [7, 11) is 0. The van der Waals surface area contributed by atoms with Crippen LogP contribution in [0.1, 0.15) is 0 Å². The molecule has 0 spiro atoms. The lowest BCUT2D eigenvalue weighted by atomic mass is 10.4. The van der Waals surface area contributed by atoms with E-state index in [1.807, 2.05) is 0 Å². The van der Waals surface area contributed by atoms with Gasteiger partial charge in [-0.2, -0.15) is 5.10 Å². The number of nitrogen functional groups attached to an aromatic ring is 2. The number of nitrogens with two attached hydrogens (primary N) is 2. The fraction of sp³-hybridized carbons (Fsp3) is 0. The van der Waals surface area contributed by atoms with Crippen molar-refractivity contribution in [1.29, 1.82) is 0 Å². The normalized spacial score (nSPS) is 10.2. The van der Waals surface area contributed by atoms with Gasteiger partial charge in [0.1, 0.15) is 0 Å². The number of hydrogen-bond acceptors (Lipinski definition) is 4. The van der Waals surface area contributed by atoms with Gasteiger partial charge in [0.15, 0.2) is 5.82 Å². The number of aromatic nitrogens is 3. The minimum absolute atomic E-state index is 0.610. The van der Waals surface area contributed by atoms with Crippen molar-refractivity contribution in [2.75, 3.05) is 11.5 Å². The predicted molar refractivity (Wildman–Crippen MR) is 50.2 cm³/mol. The van der Waals surface area contributed by atoms with E-state index in [1.54, 1.807) is 35.4 Å². The third kappa shape index (κ3) is 1.44.